The molecule has 0 saturated carbocycles. The highest BCUT2D eigenvalue weighted by molar-refractivity contribution is 5.71. The molecular formula is C25H24N4O3. The van der Waals surface area contributed by atoms with Gasteiger partial charge in [0.05, 0.1) is 17.3 Å². The van der Waals surface area contributed by atoms with Crippen LogP contribution in [0.25, 0.3) is 11.3 Å². The predicted molar refractivity (Wildman–Crippen MR) is 120 cm³/mol. The zero-order chi connectivity index (χ0) is 21.9. The fraction of sp³-hybridized carbons (Fsp3) is 0.320. The lowest BCUT2D eigenvalue weighted by molar-refractivity contribution is 0.170. The summed E-state index contributed by atoms with van der Waals surface area (Å²) in [5.74, 6) is 3.23. The Morgan fingerprint density at radius 2 is 1.84 bits per heavy atom. The van der Waals surface area contributed by atoms with Crippen molar-refractivity contribution in [1.82, 2.24) is 9.97 Å². The molecule has 1 aromatic heterocycles. The van der Waals surface area contributed by atoms with Crippen molar-refractivity contribution in [3.05, 3.63) is 59.9 Å². The molecule has 1 fully saturated rings. The van der Waals surface area contributed by atoms with Crippen LogP contribution in [0.15, 0.2) is 48.8 Å². The molecule has 0 radical (unpaired) electrons. The summed E-state index contributed by atoms with van der Waals surface area (Å²) in [6, 6.07) is 15.4. The number of nitrogens with zero attached hydrogens (tertiary/aromatic N) is 4. The lowest BCUT2D eigenvalue weighted by Gasteiger charge is -2.34. The maximum Gasteiger partial charge on any atom is 0.162 e. The number of nitriles is 1. The van der Waals surface area contributed by atoms with Crippen LogP contribution in [0.1, 0.15) is 24.0 Å². The third-order valence-electron chi connectivity index (χ3n) is 5.88. The van der Waals surface area contributed by atoms with E-state index >= 15 is 0 Å². The number of piperidine rings is 1. The highest BCUT2D eigenvalue weighted by Crippen LogP contribution is 2.36. The monoisotopic (exact) mass is 428 g/mol. The summed E-state index contributed by atoms with van der Waals surface area (Å²) in [6.07, 6.45) is 3.53. The van der Waals surface area contributed by atoms with Gasteiger partial charge in [0, 0.05) is 37.1 Å². The average molecular weight is 428 g/mol. The van der Waals surface area contributed by atoms with E-state index in [1.165, 1.54) is 0 Å². The van der Waals surface area contributed by atoms with Gasteiger partial charge < -0.3 is 19.1 Å². The second kappa shape index (κ2) is 8.75. The third kappa shape index (κ3) is 4.04. The van der Waals surface area contributed by atoms with Crippen LogP contribution < -0.4 is 19.1 Å². The summed E-state index contributed by atoms with van der Waals surface area (Å²) in [6.45, 7) is 4.90. The van der Waals surface area contributed by atoms with Gasteiger partial charge in [-0.3, -0.25) is 0 Å². The van der Waals surface area contributed by atoms with E-state index in [0.717, 1.165) is 65.8 Å². The van der Waals surface area contributed by atoms with Crippen LogP contribution in [0.5, 0.6) is 17.2 Å². The highest BCUT2D eigenvalue weighted by atomic mass is 16.6. The number of rotatable bonds is 4. The molecule has 0 unspecified atom stereocenters. The number of benzene rings is 2. The molecule has 0 bridgehead atoms. The molecule has 2 aliphatic rings. The van der Waals surface area contributed by atoms with Gasteiger partial charge >= 0.3 is 0 Å². The lowest BCUT2D eigenvalue weighted by atomic mass is 10.0. The molecule has 32 heavy (non-hydrogen) atoms. The summed E-state index contributed by atoms with van der Waals surface area (Å²) in [5, 5.41) is 9.08. The standard InChI is InChI=1S/C25H24N4O3/c1-17-24(19-5-6-22-23(14-19)31-12-11-30-22)27-16-28-25(17)29-9-7-20(8-10-29)32-21-4-2-3-18(13-21)15-26/h2-6,13-14,16,20H,7-12H2,1H3. The molecule has 3 heterocycles. The Balaban J connectivity index is 1.30. The number of anilines is 1. The summed E-state index contributed by atoms with van der Waals surface area (Å²) in [5.41, 5.74) is 3.55. The second-order valence-corrected chi connectivity index (χ2v) is 7.97. The van der Waals surface area contributed by atoms with Crippen LogP contribution in [0.4, 0.5) is 5.82 Å². The third-order valence-corrected chi connectivity index (χ3v) is 5.88. The molecule has 0 spiro atoms. The molecule has 5 rings (SSSR count). The van der Waals surface area contributed by atoms with Crippen molar-refractivity contribution in [2.45, 2.75) is 25.9 Å². The SMILES string of the molecule is Cc1c(-c2ccc3c(c2)OCCO3)ncnc1N1CCC(Oc2cccc(C#N)c2)CC1. The lowest BCUT2D eigenvalue weighted by Crippen LogP contribution is -2.39. The number of hydrogen-bond acceptors (Lipinski definition) is 7. The largest absolute Gasteiger partial charge is 0.490 e. The van der Waals surface area contributed by atoms with Crippen molar-refractivity contribution in [2.75, 3.05) is 31.2 Å². The first-order chi connectivity index (χ1) is 15.7. The molecule has 2 aliphatic heterocycles. The van der Waals surface area contributed by atoms with Gasteiger partial charge in [-0.05, 0) is 43.3 Å². The zero-order valence-electron chi connectivity index (χ0n) is 18.0. The number of aromatic nitrogens is 2. The Bertz CT molecular complexity index is 1170. The fourth-order valence-electron chi connectivity index (χ4n) is 4.26. The number of ether oxygens (including phenoxy) is 3. The molecule has 0 N–H and O–H groups in total. The topological polar surface area (TPSA) is 80.5 Å². The van der Waals surface area contributed by atoms with Crippen LogP contribution in [-0.4, -0.2) is 42.4 Å². The van der Waals surface area contributed by atoms with Gasteiger partial charge in [-0.1, -0.05) is 6.07 Å². The molecule has 7 heteroatoms. The minimum atomic E-state index is 0.125. The van der Waals surface area contributed by atoms with Gasteiger partial charge in [0.25, 0.3) is 0 Å². The second-order valence-electron chi connectivity index (χ2n) is 7.97. The fourth-order valence-corrected chi connectivity index (χ4v) is 4.26. The first kappa shape index (κ1) is 20.1. The average Bonchev–Trinajstić information content (AvgIpc) is 2.85. The Morgan fingerprint density at radius 3 is 2.66 bits per heavy atom. The van der Waals surface area contributed by atoms with E-state index in [-0.39, 0.29) is 6.10 Å². The minimum Gasteiger partial charge on any atom is -0.490 e. The maximum atomic E-state index is 9.08. The van der Waals surface area contributed by atoms with Crippen molar-refractivity contribution < 1.29 is 14.2 Å². The van der Waals surface area contributed by atoms with Crippen LogP contribution in [0.3, 0.4) is 0 Å². The predicted octanol–water partition coefficient (Wildman–Crippen LogP) is 4.14. The Labute approximate surface area is 187 Å². The quantitative estimate of drug-likeness (QED) is 0.618. The smallest absolute Gasteiger partial charge is 0.162 e. The van der Waals surface area contributed by atoms with E-state index in [9.17, 15) is 0 Å². The molecule has 0 amide bonds. The van der Waals surface area contributed by atoms with Gasteiger partial charge in [0.15, 0.2) is 11.5 Å². The first-order valence-corrected chi connectivity index (χ1v) is 10.8. The van der Waals surface area contributed by atoms with E-state index in [1.54, 1.807) is 18.5 Å². The summed E-state index contributed by atoms with van der Waals surface area (Å²) in [7, 11) is 0. The van der Waals surface area contributed by atoms with E-state index in [4.69, 9.17) is 19.5 Å². The molecule has 3 aromatic rings. The zero-order valence-corrected chi connectivity index (χ0v) is 18.0. The number of fused-ring (bicyclic) bond motifs is 1. The molecule has 7 nitrogen and oxygen atoms in total. The minimum absolute atomic E-state index is 0.125. The summed E-state index contributed by atoms with van der Waals surface area (Å²) >= 11 is 0. The van der Waals surface area contributed by atoms with E-state index in [0.29, 0.717) is 18.8 Å². The Hall–Kier alpha value is -3.79. The van der Waals surface area contributed by atoms with Gasteiger partial charge in [-0.25, -0.2) is 9.97 Å². The normalized spacial score (nSPS) is 15.8. The van der Waals surface area contributed by atoms with Gasteiger partial charge in [-0.15, -0.1) is 0 Å². The molecule has 0 aliphatic carbocycles. The van der Waals surface area contributed by atoms with Crippen LogP contribution in [-0.2, 0) is 0 Å². The van der Waals surface area contributed by atoms with Crippen molar-refractivity contribution in [3.63, 3.8) is 0 Å². The molecule has 2 aromatic carbocycles. The van der Waals surface area contributed by atoms with Crippen LogP contribution in [0, 0.1) is 18.3 Å². The molecule has 162 valence electrons. The van der Waals surface area contributed by atoms with E-state index in [1.807, 2.05) is 30.3 Å². The molecule has 1 saturated heterocycles. The highest BCUT2D eigenvalue weighted by Gasteiger charge is 2.24. The number of hydrogen-bond donors (Lipinski definition) is 0. The molecule has 0 atom stereocenters. The first-order valence-electron chi connectivity index (χ1n) is 10.8. The van der Waals surface area contributed by atoms with Gasteiger partial charge in [-0.2, -0.15) is 5.26 Å². The van der Waals surface area contributed by atoms with Crippen molar-refractivity contribution in [1.29, 1.82) is 5.26 Å². The van der Waals surface area contributed by atoms with Crippen molar-refractivity contribution >= 4 is 5.82 Å². The summed E-state index contributed by atoms with van der Waals surface area (Å²) in [4.78, 5) is 11.4. The van der Waals surface area contributed by atoms with Crippen molar-refractivity contribution in [2.24, 2.45) is 0 Å². The summed E-state index contributed by atoms with van der Waals surface area (Å²) < 4.78 is 17.5. The Morgan fingerprint density at radius 1 is 1.03 bits per heavy atom. The van der Waals surface area contributed by atoms with Gasteiger partial charge in [0.2, 0.25) is 0 Å². The van der Waals surface area contributed by atoms with E-state index < -0.39 is 0 Å². The maximum absolute atomic E-state index is 9.08. The molecular weight excluding hydrogens is 404 g/mol. The van der Waals surface area contributed by atoms with Gasteiger partial charge in [0.1, 0.15) is 37.2 Å². The van der Waals surface area contributed by atoms with Crippen LogP contribution in [0.2, 0.25) is 0 Å². The van der Waals surface area contributed by atoms with E-state index in [2.05, 4.69) is 27.9 Å². The van der Waals surface area contributed by atoms with Crippen molar-refractivity contribution in [3.8, 4) is 34.6 Å². The Kier molecular flexibility index (Phi) is 5.51. The van der Waals surface area contributed by atoms with Crippen LogP contribution >= 0.6 is 0 Å².